The van der Waals surface area contributed by atoms with E-state index in [0.29, 0.717) is 6.42 Å². The van der Waals surface area contributed by atoms with Crippen LogP contribution in [-0.4, -0.2) is 16.3 Å². The molecule has 0 spiro atoms. The van der Waals surface area contributed by atoms with E-state index in [9.17, 15) is 9.00 Å². The summed E-state index contributed by atoms with van der Waals surface area (Å²) in [5.74, 6) is -0.311. The lowest BCUT2D eigenvalue weighted by molar-refractivity contribution is -0.144. The standard InChI is InChI=1S/C17H18O3S/c1-13-7-9-16(10-8-13)21(19)12-11-15-5-3-4-6-17(15)20-14(2)18/h3-5,7-12,17H,6H2,1-2H3/b12-11-/t17-,21?/m1/s1. The van der Waals surface area contributed by atoms with Gasteiger partial charge in [0.05, 0.1) is 10.8 Å². The Balaban J connectivity index is 2.09. The molecule has 0 N–H and O–H groups in total. The van der Waals surface area contributed by atoms with Crippen LogP contribution in [0, 0.1) is 6.92 Å². The molecule has 0 fully saturated rings. The van der Waals surface area contributed by atoms with Crippen molar-refractivity contribution >= 4 is 16.8 Å². The summed E-state index contributed by atoms with van der Waals surface area (Å²) in [5, 5.41) is 1.63. The number of allylic oxidation sites excluding steroid dienone is 2. The molecule has 0 saturated heterocycles. The topological polar surface area (TPSA) is 43.4 Å². The van der Waals surface area contributed by atoms with E-state index in [1.165, 1.54) is 6.92 Å². The van der Waals surface area contributed by atoms with E-state index in [1.807, 2.05) is 49.4 Å². The Morgan fingerprint density at radius 2 is 2.05 bits per heavy atom. The summed E-state index contributed by atoms with van der Waals surface area (Å²) in [7, 11) is -1.21. The van der Waals surface area contributed by atoms with Gasteiger partial charge in [0.2, 0.25) is 0 Å². The second-order valence-corrected chi connectivity index (χ2v) is 6.18. The minimum absolute atomic E-state index is 0.293. The summed E-state index contributed by atoms with van der Waals surface area (Å²) in [6.45, 7) is 3.38. The van der Waals surface area contributed by atoms with Crippen LogP contribution in [0.2, 0.25) is 0 Å². The number of carbonyl (C=O) groups excluding carboxylic acids is 1. The maximum absolute atomic E-state index is 12.2. The van der Waals surface area contributed by atoms with Crippen molar-refractivity contribution in [1.82, 2.24) is 0 Å². The molecule has 1 unspecified atom stereocenters. The number of aryl methyl sites for hydroxylation is 1. The Hall–Kier alpha value is -1.94. The molecule has 1 aliphatic rings. The van der Waals surface area contributed by atoms with Gasteiger partial charge in [-0.05, 0) is 30.7 Å². The Morgan fingerprint density at radius 1 is 1.33 bits per heavy atom. The largest absolute Gasteiger partial charge is 0.457 e. The summed E-state index contributed by atoms with van der Waals surface area (Å²) in [6.07, 6.45) is 7.86. The lowest BCUT2D eigenvalue weighted by Crippen LogP contribution is -2.18. The molecule has 110 valence electrons. The monoisotopic (exact) mass is 302 g/mol. The molecular weight excluding hydrogens is 284 g/mol. The van der Waals surface area contributed by atoms with Crippen molar-refractivity contribution in [2.45, 2.75) is 31.3 Å². The van der Waals surface area contributed by atoms with Gasteiger partial charge < -0.3 is 4.74 Å². The number of hydrogen-bond acceptors (Lipinski definition) is 3. The smallest absolute Gasteiger partial charge is 0.303 e. The van der Waals surface area contributed by atoms with Crippen LogP contribution >= 0.6 is 0 Å². The lowest BCUT2D eigenvalue weighted by atomic mass is 10.0. The Morgan fingerprint density at radius 3 is 2.71 bits per heavy atom. The molecule has 0 saturated carbocycles. The fourth-order valence-corrected chi connectivity index (χ4v) is 2.84. The summed E-state index contributed by atoms with van der Waals surface area (Å²) in [5.41, 5.74) is 1.99. The number of rotatable bonds is 4. The van der Waals surface area contributed by atoms with Crippen LogP contribution < -0.4 is 0 Å². The van der Waals surface area contributed by atoms with Crippen LogP contribution in [-0.2, 0) is 20.3 Å². The van der Waals surface area contributed by atoms with Crippen molar-refractivity contribution in [3.05, 3.63) is 65.1 Å². The molecule has 0 radical (unpaired) electrons. The summed E-state index contributed by atoms with van der Waals surface area (Å²) < 4.78 is 17.4. The van der Waals surface area contributed by atoms with Gasteiger partial charge in [-0.3, -0.25) is 4.79 Å². The molecule has 4 heteroatoms. The number of carbonyl (C=O) groups is 1. The molecule has 0 aliphatic heterocycles. The van der Waals surface area contributed by atoms with Crippen LogP contribution in [0.1, 0.15) is 18.9 Å². The molecule has 0 aromatic heterocycles. The van der Waals surface area contributed by atoms with E-state index in [4.69, 9.17) is 4.74 Å². The maximum atomic E-state index is 12.2. The average Bonchev–Trinajstić information content (AvgIpc) is 2.46. The number of benzene rings is 1. The lowest BCUT2D eigenvalue weighted by Gasteiger charge is -2.18. The number of esters is 1. The van der Waals surface area contributed by atoms with Gasteiger partial charge in [-0.1, -0.05) is 35.9 Å². The maximum Gasteiger partial charge on any atom is 0.303 e. The zero-order valence-electron chi connectivity index (χ0n) is 12.1. The highest BCUT2D eigenvalue weighted by Crippen LogP contribution is 2.19. The molecule has 21 heavy (non-hydrogen) atoms. The van der Waals surface area contributed by atoms with Gasteiger partial charge in [0, 0.05) is 23.6 Å². The van der Waals surface area contributed by atoms with Crippen molar-refractivity contribution in [1.29, 1.82) is 0 Å². The normalized spacial score (nSPS) is 19.3. The molecular formula is C17H18O3S. The van der Waals surface area contributed by atoms with Gasteiger partial charge in [-0.15, -0.1) is 0 Å². The summed E-state index contributed by atoms with van der Waals surface area (Å²) in [4.78, 5) is 11.8. The van der Waals surface area contributed by atoms with Crippen molar-refractivity contribution in [2.24, 2.45) is 0 Å². The van der Waals surface area contributed by atoms with Crippen LogP contribution in [0.5, 0.6) is 0 Å². The highest BCUT2D eigenvalue weighted by molar-refractivity contribution is 7.88. The van der Waals surface area contributed by atoms with Crippen molar-refractivity contribution < 1.29 is 13.7 Å². The van der Waals surface area contributed by atoms with E-state index < -0.39 is 10.8 Å². The Labute approximate surface area is 127 Å². The predicted molar refractivity (Wildman–Crippen MR) is 84.1 cm³/mol. The molecule has 1 aromatic rings. The molecule has 0 amide bonds. The molecule has 1 aliphatic carbocycles. The van der Waals surface area contributed by atoms with E-state index in [2.05, 4.69) is 0 Å². The first-order valence-corrected chi connectivity index (χ1v) is 7.97. The van der Waals surface area contributed by atoms with Gasteiger partial charge in [-0.25, -0.2) is 4.21 Å². The third-order valence-corrected chi connectivity index (χ3v) is 4.21. The number of ether oxygens (including phenoxy) is 1. The fraction of sp³-hybridized carbons (Fsp3) is 0.235. The van der Waals surface area contributed by atoms with Crippen LogP contribution in [0.3, 0.4) is 0 Å². The van der Waals surface area contributed by atoms with Gasteiger partial charge in [0.15, 0.2) is 0 Å². The Bertz CT molecular complexity index is 624. The summed E-state index contributed by atoms with van der Waals surface area (Å²) >= 11 is 0. The van der Waals surface area contributed by atoms with Crippen molar-refractivity contribution in [2.75, 3.05) is 0 Å². The highest BCUT2D eigenvalue weighted by Gasteiger charge is 2.16. The van der Waals surface area contributed by atoms with E-state index in [1.54, 1.807) is 11.5 Å². The van der Waals surface area contributed by atoms with Gasteiger partial charge in [-0.2, -0.15) is 0 Å². The van der Waals surface area contributed by atoms with Crippen LogP contribution in [0.25, 0.3) is 0 Å². The number of hydrogen-bond donors (Lipinski definition) is 0. The highest BCUT2D eigenvalue weighted by atomic mass is 32.2. The van der Waals surface area contributed by atoms with E-state index in [-0.39, 0.29) is 12.1 Å². The second-order valence-electron chi connectivity index (χ2n) is 4.84. The first-order chi connectivity index (χ1) is 10.1. The molecule has 2 atom stereocenters. The first-order valence-electron chi connectivity index (χ1n) is 6.75. The zero-order chi connectivity index (χ0) is 15.2. The van der Waals surface area contributed by atoms with Crippen LogP contribution in [0.4, 0.5) is 0 Å². The van der Waals surface area contributed by atoms with E-state index >= 15 is 0 Å². The zero-order valence-corrected chi connectivity index (χ0v) is 12.9. The minimum atomic E-state index is -1.21. The van der Waals surface area contributed by atoms with Crippen molar-refractivity contribution in [3.63, 3.8) is 0 Å². The van der Waals surface area contributed by atoms with E-state index in [0.717, 1.165) is 16.0 Å². The van der Waals surface area contributed by atoms with Gasteiger partial charge in [0.1, 0.15) is 6.10 Å². The average molecular weight is 302 g/mol. The Kier molecular flexibility index (Phi) is 5.28. The summed E-state index contributed by atoms with van der Waals surface area (Å²) in [6, 6.07) is 7.58. The fourth-order valence-electron chi connectivity index (χ4n) is 2.00. The molecule has 2 rings (SSSR count). The molecule has 0 heterocycles. The van der Waals surface area contributed by atoms with Crippen LogP contribution in [0.15, 0.2) is 64.4 Å². The van der Waals surface area contributed by atoms with Crippen molar-refractivity contribution in [3.8, 4) is 0 Å². The van der Waals surface area contributed by atoms with Gasteiger partial charge >= 0.3 is 5.97 Å². The third-order valence-electron chi connectivity index (χ3n) is 3.09. The van der Waals surface area contributed by atoms with Gasteiger partial charge in [0.25, 0.3) is 0 Å². The first kappa shape index (κ1) is 15.4. The third kappa shape index (κ3) is 4.53. The second kappa shape index (κ2) is 7.18. The predicted octanol–water partition coefficient (Wildman–Crippen LogP) is 3.43. The quantitative estimate of drug-likeness (QED) is 0.800. The minimum Gasteiger partial charge on any atom is -0.457 e. The molecule has 1 aromatic carbocycles. The molecule has 3 nitrogen and oxygen atoms in total. The SMILES string of the molecule is CC(=O)O[C@@H]1CC=CC=C1/C=C\S(=O)c1ccc(C)cc1. The molecule has 0 bridgehead atoms.